The number of hydrogen-bond donors (Lipinski definition) is 1. The van der Waals surface area contributed by atoms with Gasteiger partial charge in [-0.15, -0.1) is 0 Å². The lowest BCUT2D eigenvalue weighted by Gasteiger charge is -2.08. The van der Waals surface area contributed by atoms with Crippen LogP contribution in [0, 0.1) is 0 Å². The fourth-order valence-electron chi connectivity index (χ4n) is 1.23. The summed E-state index contributed by atoms with van der Waals surface area (Å²) in [6.45, 7) is 1.86. The van der Waals surface area contributed by atoms with Crippen molar-refractivity contribution >= 4 is 0 Å². The van der Waals surface area contributed by atoms with Gasteiger partial charge >= 0.3 is 0 Å². The summed E-state index contributed by atoms with van der Waals surface area (Å²) in [5, 5.41) is 0. The molecule has 0 saturated carbocycles. The Balaban J connectivity index is 2.20. The van der Waals surface area contributed by atoms with E-state index in [4.69, 9.17) is 5.73 Å². The summed E-state index contributed by atoms with van der Waals surface area (Å²) >= 11 is 0. The van der Waals surface area contributed by atoms with Crippen LogP contribution < -0.4 is 5.73 Å². The van der Waals surface area contributed by atoms with Crippen LogP contribution in [0.4, 0.5) is 0 Å². The van der Waals surface area contributed by atoms with E-state index in [1.54, 1.807) is 0 Å². The van der Waals surface area contributed by atoms with Gasteiger partial charge in [0, 0.05) is 18.8 Å². The lowest BCUT2D eigenvalue weighted by atomic mass is 10.3. The Morgan fingerprint density at radius 1 is 1.78 bits per heavy atom. The van der Waals surface area contributed by atoms with Crippen LogP contribution in [0.5, 0.6) is 0 Å². The highest BCUT2D eigenvalue weighted by atomic mass is 15.3. The second-order valence-corrected chi connectivity index (χ2v) is 2.47. The van der Waals surface area contributed by atoms with Crippen LogP contribution >= 0.6 is 0 Å². The molecule has 2 aliphatic heterocycles. The van der Waals surface area contributed by atoms with Crippen LogP contribution in [-0.4, -0.2) is 24.0 Å². The van der Waals surface area contributed by atoms with Crippen molar-refractivity contribution in [3.8, 4) is 0 Å². The molecule has 1 saturated heterocycles. The Bertz CT molecular complexity index is 181. The van der Waals surface area contributed by atoms with E-state index >= 15 is 0 Å². The smallest absolute Gasteiger partial charge is 0.0650 e. The third kappa shape index (κ3) is 0.669. The molecule has 0 aliphatic carbocycles. The minimum atomic E-state index is 0.681. The van der Waals surface area contributed by atoms with Gasteiger partial charge in [-0.1, -0.05) is 12.2 Å². The molecule has 9 heavy (non-hydrogen) atoms. The lowest BCUT2D eigenvalue weighted by Crippen LogP contribution is -2.13. The zero-order valence-electron chi connectivity index (χ0n) is 5.25. The lowest BCUT2D eigenvalue weighted by molar-refractivity contribution is 0.637. The normalized spacial score (nSPS) is 29.7. The van der Waals surface area contributed by atoms with Crippen molar-refractivity contribution in [2.24, 2.45) is 5.73 Å². The molecule has 0 radical (unpaired) electrons. The minimum absolute atomic E-state index is 0.681. The molecule has 2 rings (SSSR count). The molecule has 2 heterocycles. The quantitative estimate of drug-likeness (QED) is 0.499. The highest BCUT2D eigenvalue weighted by Crippen LogP contribution is 2.27. The molecule has 2 N–H and O–H groups in total. The van der Waals surface area contributed by atoms with Gasteiger partial charge < -0.3 is 10.6 Å². The first-order chi connectivity index (χ1) is 4.42. The van der Waals surface area contributed by atoms with Crippen molar-refractivity contribution in [3.63, 3.8) is 0 Å². The van der Waals surface area contributed by atoms with Gasteiger partial charge in [0.1, 0.15) is 0 Å². The van der Waals surface area contributed by atoms with Gasteiger partial charge in [0.25, 0.3) is 0 Å². The van der Waals surface area contributed by atoms with Gasteiger partial charge in [-0.05, 0) is 6.08 Å². The number of nitrogens with two attached hydrogens (primary N) is 1. The summed E-state index contributed by atoms with van der Waals surface area (Å²) in [4.78, 5) is 2.31. The molecule has 0 aromatic heterocycles. The van der Waals surface area contributed by atoms with E-state index in [0.717, 1.165) is 0 Å². The summed E-state index contributed by atoms with van der Waals surface area (Å²) in [5.74, 6) is 0. The van der Waals surface area contributed by atoms with Gasteiger partial charge in [-0.25, -0.2) is 0 Å². The predicted molar refractivity (Wildman–Crippen MR) is 36.8 cm³/mol. The number of nitrogens with zero attached hydrogens (tertiary/aromatic N) is 1. The molecule has 2 aliphatic rings. The Labute approximate surface area is 54.6 Å². The topological polar surface area (TPSA) is 29.0 Å². The van der Waals surface area contributed by atoms with Gasteiger partial charge in [0.2, 0.25) is 0 Å². The third-order valence-electron chi connectivity index (χ3n) is 1.85. The van der Waals surface area contributed by atoms with Gasteiger partial charge in [-0.3, -0.25) is 0 Å². The van der Waals surface area contributed by atoms with E-state index < -0.39 is 0 Å². The van der Waals surface area contributed by atoms with Crippen LogP contribution in [0.15, 0.2) is 23.9 Å². The highest BCUT2D eigenvalue weighted by Gasteiger charge is 2.33. The van der Waals surface area contributed by atoms with Crippen LogP contribution in [0.25, 0.3) is 0 Å². The largest absolute Gasteiger partial charge is 0.363 e. The van der Waals surface area contributed by atoms with Crippen LogP contribution in [0.1, 0.15) is 0 Å². The molecule has 0 amide bonds. The summed E-state index contributed by atoms with van der Waals surface area (Å²) in [6.07, 6.45) is 6.39. The minimum Gasteiger partial charge on any atom is -0.363 e. The maximum absolute atomic E-state index is 5.48. The zero-order valence-corrected chi connectivity index (χ0v) is 5.25. The molecule has 1 unspecified atom stereocenters. The third-order valence-corrected chi connectivity index (χ3v) is 1.85. The number of allylic oxidation sites excluding steroid dienone is 2. The standard InChI is InChI=1S/C7H10N2/c8-4-6-2-1-3-7-5-9(6)7/h1-3,7H,4-5,8H2. The summed E-state index contributed by atoms with van der Waals surface area (Å²) in [6, 6.07) is 0.688. The summed E-state index contributed by atoms with van der Waals surface area (Å²) < 4.78 is 0. The second kappa shape index (κ2) is 1.61. The summed E-state index contributed by atoms with van der Waals surface area (Å²) in [7, 11) is 0. The first-order valence-corrected chi connectivity index (χ1v) is 3.26. The molecule has 1 fully saturated rings. The molecule has 0 aromatic rings. The van der Waals surface area contributed by atoms with Crippen molar-refractivity contribution in [1.82, 2.24) is 4.90 Å². The summed E-state index contributed by atoms with van der Waals surface area (Å²) in [5.41, 5.74) is 6.76. The predicted octanol–water partition coefficient (Wildman–Crippen LogP) is 0.0830. The fraction of sp³-hybridized carbons (Fsp3) is 0.429. The highest BCUT2D eigenvalue weighted by molar-refractivity contribution is 5.28. The number of hydrogen-bond acceptors (Lipinski definition) is 2. The first kappa shape index (κ1) is 5.06. The van der Waals surface area contributed by atoms with E-state index in [1.807, 2.05) is 0 Å². The van der Waals surface area contributed by atoms with E-state index in [-0.39, 0.29) is 0 Å². The maximum Gasteiger partial charge on any atom is 0.0650 e. The molecule has 0 spiro atoms. The molecule has 1 atom stereocenters. The average molecular weight is 122 g/mol. The molecule has 0 aromatic carbocycles. The van der Waals surface area contributed by atoms with Crippen LogP contribution in [0.3, 0.4) is 0 Å². The second-order valence-electron chi connectivity index (χ2n) is 2.47. The van der Waals surface area contributed by atoms with Crippen molar-refractivity contribution in [3.05, 3.63) is 23.9 Å². The maximum atomic E-state index is 5.48. The monoisotopic (exact) mass is 122 g/mol. The van der Waals surface area contributed by atoms with Crippen LogP contribution in [-0.2, 0) is 0 Å². The van der Waals surface area contributed by atoms with Crippen molar-refractivity contribution in [1.29, 1.82) is 0 Å². The van der Waals surface area contributed by atoms with E-state index in [9.17, 15) is 0 Å². The van der Waals surface area contributed by atoms with Gasteiger partial charge in [0.05, 0.1) is 6.04 Å². The fourth-order valence-corrected chi connectivity index (χ4v) is 1.23. The molecule has 2 heteroatoms. The van der Waals surface area contributed by atoms with E-state index in [0.29, 0.717) is 12.6 Å². The molecule has 0 bridgehead atoms. The van der Waals surface area contributed by atoms with Crippen molar-refractivity contribution in [2.75, 3.05) is 13.1 Å². The Morgan fingerprint density at radius 2 is 2.67 bits per heavy atom. The Hall–Kier alpha value is -0.760. The van der Waals surface area contributed by atoms with E-state index in [2.05, 4.69) is 23.1 Å². The number of rotatable bonds is 1. The zero-order chi connectivity index (χ0) is 6.27. The molecular formula is C7H10N2. The molecule has 48 valence electrons. The van der Waals surface area contributed by atoms with Crippen molar-refractivity contribution < 1.29 is 0 Å². The first-order valence-electron chi connectivity index (χ1n) is 3.26. The van der Waals surface area contributed by atoms with Gasteiger partial charge in [0.15, 0.2) is 0 Å². The van der Waals surface area contributed by atoms with E-state index in [1.165, 1.54) is 12.2 Å². The average Bonchev–Trinajstić information content (AvgIpc) is 2.64. The molecule has 2 nitrogen and oxygen atoms in total. The van der Waals surface area contributed by atoms with Gasteiger partial charge in [-0.2, -0.15) is 0 Å². The Morgan fingerprint density at radius 3 is 3.33 bits per heavy atom. The Kier molecular flexibility index (Phi) is 0.904. The molecular weight excluding hydrogens is 112 g/mol. The SMILES string of the molecule is NCC1=CC=CC2CN12. The van der Waals surface area contributed by atoms with Crippen molar-refractivity contribution in [2.45, 2.75) is 6.04 Å². The number of fused-ring (bicyclic) bond motifs is 1. The van der Waals surface area contributed by atoms with Crippen LogP contribution in [0.2, 0.25) is 0 Å².